The number of allylic oxidation sites excluding steroid dienone is 2. The van der Waals surface area contributed by atoms with Gasteiger partial charge in [-0.05, 0) is 56.6 Å². The van der Waals surface area contributed by atoms with E-state index in [4.69, 9.17) is 4.74 Å². The number of carbonyl (C=O) groups excluding carboxylic acids is 1. The number of nitrogens with zero attached hydrogens (tertiary/aromatic N) is 1. The summed E-state index contributed by atoms with van der Waals surface area (Å²) in [5.41, 5.74) is 2.62. The molecule has 1 aromatic rings. The summed E-state index contributed by atoms with van der Waals surface area (Å²) < 4.78 is 7.41. The van der Waals surface area contributed by atoms with Crippen LogP contribution in [-0.4, -0.2) is 41.2 Å². The molecule has 3 heteroatoms. The Labute approximate surface area is 183 Å². The molecule has 0 saturated carbocycles. The van der Waals surface area contributed by atoms with Crippen LogP contribution in [0.2, 0.25) is 0 Å². The Morgan fingerprint density at radius 1 is 1.10 bits per heavy atom. The van der Waals surface area contributed by atoms with Crippen LogP contribution in [0.1, 0.15) is 84.1 Å². The van der Waals surface area contributed by atoms with Crippen LogP contribution in [0.4, 0.5) is 0 Å². The van der Waals surface area contributed by atoms with Gasteiger partial charge in [-0.1, -0.05) is 43.3 Å². The zero-order valence-corrected chi connectivity index (χ0v) is 19.2. The van der Waals surface area contributed by atoms with Crippen LogP contribution in [0.15, 0.2) is 36.4 Å². The Morgan fingerprint density at radius 2 is 1.80 bits per heavy atom. The van der Waals surface area contributed by atoms with Crippen molar-refractivity contribution >= 4 is 11.5 Å². The zero-order chi connectivity index (χ0) is 21.1. The Kier molecular flexibility index (Phi) is 6.67. The van der Waals surface area contributed by atoms with Crippen molar-refractivity contribution in [1.82, 2.24) is 0 Å². The number of benzene rings is 1. The average Bonchev–Trinajstić information content (AvgIpc) is 2.93. The van der Waals surface area contributed by atoms with E-state index < -0.39 is 0 Å². The minimum Gasteiger partial charge on any atom is -0.462 e. The molecule has 4 rings (SSSR count). The third-order valence-electron chi connectivity index (χ3n) is 8.21. The Bertz CT molecular complexity index is 739. The molecule has 2 fully saturated rings. The number of esters is 1. The minimum atomic E-state index is 0.0215. The van der Waals surface area contributed by atoms with Crippen LogP contribution >= 0.6 is 0 Å². The van der Waals surface area contributed by atoms with Crippen molar-refractivity contribution in [2.75, 3.05) is 6.54 Å². The summed E-state index contributed by atoms with van der Waals surface area (Å²) in [4.78, 5) is 13.0. The topological polar surface area (TPSA) is 26.3 Å². The number of carbonyl (C=O) groups is 1. The van der Waals surface area contributed by atoms with Gasteiger partial charge >= 0.3 is 5.97 Å². The number of hydrogen-bond acceptors (Lipinski definition) is 2. The van der Waals surface area contributed by atoms with Crippen molar-refractivity contribution in [2.45, 2.75) is 103 Å². The summed E-state index contributed by atoms with van der Waals surface area (Å²) in [7, 11) is 0. The third-order valence-corrected chi connectivity index (χ3v) is 8.21. The molecule has 3 aliphatic rings. The normalized spacial score (nSPS) is 33.4. The van der Waals surface area contributed by atoms with Gasteiger partial charge in [-0.25, -0.2) is 0 Å². The molecular formula is C27H40NO2+. The van der Waals surface area contributed by atoms with Gasteiger partial charge in [-0.3, -0.25) is 4.79 Å². The molecule has 0 radical (unpaired) electrons. The Hall–Kier alpha value is -1.61. The highest BCUT2D eigenvalue weighted by Crippen LogP contribution is 2.46. The highest BCUT2D eigenvalue weighted by atomic mass is 16.5. The number of quaternary nitrogens is 1. The standard InChI is InChI=1S/C27H40NO2/c1-4-16-28(20(2)3)23-14-15-24(28)19-25(18-23)30-27(29)17-22-12-8-9-13-26(22)21-10-6-5-7-11-21/h5-7,10-11,13,20,22-25H,4,8-9,12,14-19H2,1-3H3/q+1/t22?,23-,24+,25?,28?. The molecule has 2 bridgehead atoms. The molecule has 2 saturated heterocycles. The van der Waals surface area contributed by atoms with E-state index in [1.807, 2.05) is 0 Å². The molecule has 30 heavy (non-hydrogen) atoms. The van der Waals surface area contributed by atoms with Crippen LogP contribution in [-0.2, 0) is 9.53 Å². The van der Waals surface area contributed by atoms with Crippen molar-refractivity contribution < 1.29 is 14.0 Å². The number of hydrogen-bond donors (Lipinski definition) is 0. The molecule has 1 aliphatic carbocycles. The predicted octanol–water partition coefficient (Wildman–Crippen LogP) is 6.13. The highest BCUT2D eigenvalue weighted by molar-refractivity contribution is 5.76. The van der Waals surface area contributed by atoms with E-state index in [2.05, 4.69) is 57.2 Å². The van der Waals surface area contributed by atoms with E-state index in [1.165, 1.54) is 47.8 Å². The maximum Gasteiger partial charge on any atom is 0.306 e. The van der Waals surface area contributed by atoms with Crippen LogP contribution in [0, 0.1) is 5.92 Å². The second-order valence-electron chi connectivity index (χ2n) is 10.1. The Balaban J connectivity index is 1.38. The summed E-state index contributed by atoms with van der Waals surface area (Å²) in [5.74, 6) is 0.327. The van der Waals surface area contributed by atoms with Crippen molar-refractivity contribution in [2.24, 2.45) is 5.92 Å². The fourth-order valence-electron chi connectivity index (χ4n) is 7.02. The van der Waals surface area contributed by atoms with Gasteiger partial charge < -0.3 is 9.22 Å². The fourth-order valence-corrected chi connectivity index (χ4v) is 7.02. The molecule has 2 heterocycles. The molecule has 0 aromatic heterocycles. The molecule has 2 aliphatic heterocycles. The molecule has 3 unspecified atom stereocenters. The molecule has 5 atom stereocenters. The first-order valence-electron chi connectivity index (χ1n) is 12.4. The van der Waals surface area contributed by atoms with Gasteiger partial charge in [0.05, 0.1) is 31.1 Å². The molecule has 3 nitrogen and oxygen atoms in total. The first-order chi connectivity index (χ1) is 14.5. The summed E-state index contributed by atoms with van der Waals surface area (Å²) >= 11 is 0. The molecule has 1 aromatic carbocycles. The lowest BCUT2D eigenvalue weighted by Crippen LogP contribution is -2.65. The predicted molar refractivity (Wildman–Crippen MR) is 123 cm³/mol. The number of rotatable bonds is 7. The lowest BCUT2D eigenvalue weighted by atomic mass is 9.82. The van der Waals surface area contributed by atoms with Crippen molar-refractivity contribution in [3.8, 4) is 0 Å². The van der Waals surface area contributed by atoms with Crippen molar-refractivity contribution in [1.29, 1.82) is 0 Å². The van der Waals surface area contributed by atoms with Crippen molar-refractivity contribution in [3.05, 3.63) is 42.0 Å². The van der Waals surface area contributed by atoms with Gasteiger partial charge in [0.2, 0.25) is 0 Å². The van der Waals surface area contributed by atoms with Crippen LogP contribution in [0.3, 0.4) is 0 Å². The first-order valence-corrected chi connectivity index (χ1v) is 12.4. The summed E-state index contributed by atoms with van der Waals surface area (Å²) in [6.07, 6.45) is 12.4. The van der Waals surface area contributed by atoms with E-state index in [9.17, 15) is 4.79 Å². The maximum absolute atomic E-state index is 13.0. The fraction of sp³-hybridized carbons (Fsp3) is 0.667. The Morgan fingerprint density at radius 3 is 2.43 bits per heavy atom. The third kappa shape index (κ3) is 4.10. The van der Waals surface area contributed by atoms with Crippen LogP contribution in [0.5, 0.6) is 0 Å². The highest BCUT2D eigenvalue weighted by Gasteiger charge is 2.55. The summed E-state index contributed by atoms with van der Waals surface area (Å²) in [5, 5.41) is 0. The van der Waals surface area contributed by atoms with Gasteiger partial charge in [0, 0.05) is 25.7 Å². The van der Waals surface area contributed by atoms with E-state index in [1.54, 1.807) is 0 Å². The number of fused-ring (bicyclic) bond motifs is 2. The lowest BCUT2D eigenvalue weighted by molar-refractivity contribution is -0.985. The van der Waals surface area contributed by atoms with E-state index in [-0.39, 0.29) is 12.1 Å². The molecular weight excluding hydrogens is 370 g/mol. The van der Waals surface area contributed by atoms with E-state index in [0.717, 1.165) is 25.7 Å². The van der Waals surface area contributed by atoms with Gasteiger partial charge in [0.25, 0.3) is 0 Å². The average molecular weight is 411 g/mol. The lowest BCUT2D eigenvalue weighted by Gasteiger charge is -2.52. The number of ether oxygens (including phenoxy) is 1. The quantitative estimate of drug-likeness (QED) is 0.399. The van der Waals surface area contributed by atoms with Crippen LogP contribution < -0.4 is 0 Å². The SMILES string of the molecule is CCC[N+]1(C(C)C)[C@@H]2CC[C@H]1CC(OC(=O)CC1CCCC=C1c1ccccc1)C2. The van der Waals surface area contributed by atoms with Gasteiger partial charge in [0.1, 0.15) is 6.10 Å². The summed E-state index contributed by atoms with van der Waals surface area (Å²) in [6, 6.07) is 12.6. The largest absolute Gasteiger partial charge is 0.462 e. The van der Waals surface area contributed by atoms with Crippen LogP contribution in [0.25, 0.3) is 5.57 Å². The second kappa shape index (κ2) is 9.26. The molecule has 0 amide bonds. The second-order valence-corrected chi connectivity index (χ2v) is 10.1. The minimum absolute atomic E-state index is 0.0215. The zero-order valence-electron chi connectivity index (χ0n) is 19.2. The monoisotopic (exact) mass is 410 g/mol. The summed E-state index contributed by atoms with van der Waals surface area (Å²) in [6.45, 7) is 8.39. The van der Waals surface area contributed by atoms with Gasteiger partial charge in [-0.2, -0.15) is 0 Å². The molecule has 0 spiro atoms. The van der Waals surface area contributed by atoms with E-state index in [0.29, 0.717) is 30.5 Å². The maximum atomic E-state index is 13.0. The number of piperidine rings is 1. The van der Waals surface area contributed by atoms with Crippen molar-refractivity contribution in [3.63, 3.8) is 0 Å². The smallest absolute Gasteiger partial charge is 0.306 e. The van der Waals surface area contributed by atoms with Gasteiger partial charge in [-0.15, -0.1) is 0 Å². The van der Waals surface area contributed by atoms with E-state index >= 15 is 0 Å². The molecule has 164 valence electrons. The van der Waals surface area contributed by atoms with Gasteiger partial charge in [0.15, 0.2) is 0 Å². The molecule has 0 N–H and O–H groups in total. The first kappa shape index (κ1) is 21.6.